The lowest BCUT2D eigenvalue weighted by Gasteiger charge is -2.32. The average molecular weight is 326 g/mol. The van der Waals surface area contributed by atoms with Gasteiger partial charge in [-0.15, -0.1) is 0 Å². The highest BCUT2D eigenvalue weighted by Crippen LogP contribution is 2.22. The summed E-state index contributed by atoms with van der Waals surface area (Å²) >= 11 is 0. The number of aromatic nitrogens is 2. The molecule has 1 fully saturated rings. The third-order valence-corrected chi connectivity index (χ3v) is 4.81. The lowest BCUT2D eigenvalue weighted by molar-refractivity contribution is 0.0687. The van der Waals surface area contributed by atoms with Gasteiger partial charge in [0.05, 0.1) is 11.4 Å². The second-order valence-corrected chi connectivity index (χ2v) is 6.58. The maximum atomic E-state index is 12.7. The summed E-state index contributed by atoms with van der Waals surface area (Å²) in [6.07, 6.45) is 5.36. The molecule has 1 N–H and O–H groups in total. The molecule has 3 rings (SSSR count). The Kier molecular flexibility index (Phi) is 5.30. The van der Waals surface area contributed by atoms with Gasteiger partial charge < -0.3 is 10.2 Å². The predicted octanol–water partition coefficient (Wildman–Crippen LogP) is 2.64. The van der Waals surface area contributed by atoms with Gasteiger partial charge in [-0.1, -0.05) is 0 Å². The second-order valence-electron chi connectivity index (χ2n) is 6.58. The number of benzene rings is 1. The molecule has 24 heavy (non-hydrogen) atoms. The van der Waals surface area contributed by atoms with Gasteiger partial charge in [-0.25, -0.2) is 4.68 Å². The van der Waals surface area contributed by atoms with Crippen molar-refractivity contribution in [1.29, 1.82) is 0 Å². The van der Waals surface area contributed by atoms with Crippen LogP contribution in [0.4, 0.5) is 0 Å². The van der Waals surface area contributed by atoms with Gasteiger partial charge in [-0.2, -0.15) is 5.10 Å². The smallest absolute Gasteiger partial charge is 0.253 e. The van der Waals surface area contributed by atoms with Gasteiger partial charge in [0.15, 0.2) is 0 Å². The van der Waals surface area contributed by atoms with Gasteiger partial charge in [-0.3, -0.25) is 4.79 Å². The van der Waals surface area contributed by atoms with Crippen LogP contribution in [0, 0.1) is 12.8 Å². The molecule has 1 saturated heterocycles. The molecule has 1 aromatic carbocycles. The standard InChI is InChI=1S/C19H26N4O/c1-15-8-14-23(21-15)18-5-3-17(4-6-18)19(24)22-12-9-16(10-13-22)7-11-20-2/h3-6,8,14,16,20H,7,9-13H2,1-2H3. The molecule has 1 aromatic heterocycles. The summed E-state index contributed by atoms with van der Waals surface area (Å²) < 4.78 is 1.83. The molecule has 0 radical (unpaired) electrons. The molecule has 0 spiro atoms. The van der Waals surface area contributed by atoms with E-state index in [9.17, 15) is 4.79 Å². The summed E-state index contributed by atoms with van der Waals surface area (Å²) in [7, 11) is 1.99. The zero-order chi connectivity index (χ0) is 16.9. The van der Waals surface area contributed by atoms with Crippen LogP contribution in [0.3, 0.4) is 0 Å². The zero-order valence-corrected chi connectivity index (χ0v) is 14.5. The van der Waals surface area contributed by atoms with E-state index in [0.717, 1.165) is 55.3 Å². The van der Waals surface area contributed by atoms with Crippen molar-refractivity contribution in [2.45, 2.75) is 26.2 Å². The van der Waals surface area contributed by atoms with Crippen molar-refractivity contribution in [2.75, 3.05) is 26.7 Å². The summed E-state index contributed by atoms with van der Waals surface area (Å²) in [4.78, 5) is 14.7. The van der Waals surface area contributed by atoms with Gasteiger partial charge >= 0.3 is 0 Å². The largest absolute Gasteiger partial charge is 0.339 e. The van der Waals surface area contributed by atoms with E-state index in [2.05, 4.69) is 10.4 Å². The molecule has 1 aliphatic heterocycles. The maximum Gasteiger partial charge on any atom is 0.253 e. The quantitative estimate of drug-likeness (QED) is 0.919. The number of nitrogens with one attached hydrogen (secondary N) is 1. The first kappa shape index (κ1) is 16.7. The van der Waals surface area contributed by atoms with Crippen LogP contribution in [-0.4, -0.2) is 47.3 Å². The lowest BCUT2D eigenvalue weighted by Crippen LogP contribution is -2.38. The molecule has 5 heteroatoms. The first-order valence-corrected chi connectivity index (χ1v) is 8.74. The number of hydrogen-bond acceptors (Lipinski definition) is 3. The highest BCUT2D eigenvalue weighted by molar-refractivity contribution is 5.94. The van der Waals surface area contributed by atoms with E-state index in [4.69, 9.17) is 0 Å². The van der Waals surface area contributed by atoms with Crippen molar-refractivity contribution < 1.29 is 4.79 Å². The molecule has 128 valence electrons. The van der Waals surface area contributed by atoms with E-state index >= 15 is 0 Å². The molecule has 2 heterocycles. The second kappa shape index (κ2) is 7.62. The number of likely N-dealkylation sites (tertiary alicyclic amines) is 1. The van der Waals surface area contributed by atoms with Crippen molar-refractivity contribution in [3.8, 4) is 5.69 Å². The zero-order valence-electron chi connectivity index (χ0n) is 14.5. The summed E-state index contributed by atoms with van der Waals surface area (Å²) in [5, 5.41) is 7.60. The molecule has 0 atom stereocenters. The highest BCUT2D eigenvalue weighted by Gasteiger charge is 2.23. The van der Waals surface area contributed by atoms with Crippen molar-refractivity contribution in [3.63, 3.8) is 0 Å². The topological polar surface area (TPSA) is 50.2 Å². The Bertz CT molecular complexity index is 669. The Morgan fingerprint density at radius 2 is 1.92 bits per heavy atom. The third-order valence-electron chi connectivity index (χ3n) is 4.81. The summed E-state index contributed by atoms with van der Waals surface area (Å²) in [5.74, 6) is 0.886. The summed E-state index contributed by atoms with van der Waals surface area (Å²) in [5.41, 5.74) is 2.72. The van der Waals surface area contributed by atoms with Crippen LogP contribution < -0.4 is 5.32 Å². The normalized spacial score (nSPS) is 15.7. The van der Waals surface area contributed by atoms with Crippen molar-refractivity contribution >= 4 is 5.91 Å². The minimum absolute atomic E-state index is 0.144. The minimum atomic E-state index is 0.144. The van der Waals surface area contributed by atoms with Gasteiger partial charge in [0.25, 0.3) is 5.91 Å². The van der Waals surface area contributed by atoms with Crippen molar-refractivity contribution in [2.24, 2.45) is 5.92 Å². The first-order chi connectivity index (χ1) is 11.7. The Hall–Kier alpha value is -2.14. The van der Waals surface area contributed by atoms with Crippen LogP contribution in [0.15, 0.2) is 36.5 Å². The molecule has 1 aliphatic rings. The maximum absolute atomic E-state index is 12.7. The SMILES string of the molecule is CNCCC1CCN(C(=O)c2ccc(-n3ccc(C)n3)cc2)CC1. The number of carbonyl (C=O) groups excluding carboxylic acids is 1. The van der Waals surface area contributed by atoms with E-state index in [1.807, 2.05) is 60.1 Å². The Labute approximate surface area is 143 Å². The molecule has 1 amide bonds. The van der Waals surface area contributed by atoms with Crippen LogP contribution in [0.2, 0.25) is 0 Å². The van der Waals surface area contributed by atoms with E-state index in [0.29, 0.717) is 0 Å². The van der Waals surface area contributed by atoms with Crippen molar-refractivity contribution in [3.05, 3.63) is 47.8 Å². The molecule has 2 aromatic rings. The summed E-state index contributed by atoms with van der Waals surface area (Å²) in [6, 6.07) is 9.69. The molecular weight excluding hydrogens is 300 g/mol. The molecule has 0 aliphatic carbocycles. The van der Waals surface area contributed by atoms with E-state index < -0.39 is 0 Å². The Morgan fingerprint density at radius 1 is 1.21 bits per heavy atom. The molecule has 0 bridgehead atoms. The average Bonchev–Trinajstić information content (AvgIpc) is 3.06. The number of rotatable bonds is 5. The van der Waals surface area contributed by atoms with E-state index in [1.54, 1.807) is 0 Å². The molecule has 5 nitrogen and oxygen atoms in total. The van der Waals surface area contributed by atoms with Crippen LogP contribution in [-0.2, 0) is 0 Å². The number of piperidine rings is 1. The number of aryl methyl sites for hydroxylation is 1. The predicted molar refractivity (Wildman–Crippen MR) is 95.5 cm³/mol. The van der Waals surface area contributed by atoms with Crippen LogP contribution >= 0.6 is 0 Å². The van der Waals surface area contributed by atoms with Crippen molar-refractivity contribution in [1.82, 2.24) is 20.0 Å². The minimum Gasteiger partial charge on any atom is -0.339 e. The molecular formula is C19H26N4O. The van der Waals surface area contributed by atoms with E-state index in [1.165, 1.54) is 6.42 Å². The fraction of sp³-hybridized carbons (Fsp3) is 0.474. The number of nitrogens with zero attached hydrogens (tertiary/aromatic N) is 3. The van der Waals surface area contributed by atoms with Crippen LogP contribution in [0.5, 0.6) is 0 Å². The Morgan fingerprint density at radius 3 is 2.50 bits per heavy atom. The first-order valence-electron chi connectivity index (χ1n) is 8.74. The fourth-order valence-electron chi connectivity index (χ4n) is 3.27. The number of amides is 1. The van der Waals surface area contributed by atoms with E-state index in [-0.39, 0.29) is 5.91 Å². The highest BCUT2D eigenvalue weighted by atomic mass is 16.2. The molecule has 0 saturated carbocycles. The van der Waals surface area contributed by atoms with Gasteiger partial charge in [-0.05, 0) is 76.0 Å². The molecule has 0 unspecified atom stereocenters. The lowest BCUT2D eigenvalue weighted by atomic mass is 9.93. The van der Waals surface area contributed by atoms with Crippen LogP contribution in [0.1, 0.15) is 35.3 Å². The van der Waals surface area contributed by atoms with Gasteiger partial charge in [0, 0.05) is 24.8 Å². The summed E-state index contributed by atoms with van der Waals surface area (Å²) in [6.45, 7) is 4.77. The fourth-order valence-corrected chi connectivity index (χ4v) is 3.27. The number of carbonyl (C=O) groups is 1. The monoisotopic (exact) mass is 326 g/mol. The third kappa shape index (κ3) is 3.85. The number of hydrogen-bond donors (Lipinski definition) is 1. The van der Waals surface area contributed by atoms with Crippen LogP contribution in [0.25, 0.3) is 5.69 Å². The van der Waals surface area contributed by atoms with Gasteiger partial charge in [0.2, 0.25) is 0 Å². The Balaban J connectivity index is 1.59. The van der Waals surface area contributed by atoms with Gasteiger partial charge in [0.1, 0.15) is 0 Å².